The maximum atomic E-state index is 13.5. The van der Waals surface area contributed by atoms with Gasteiger partial charge in [-0.15, -0.1) is 0 Å². The smallest absolute Gasteiger partial charge is 0.416 e. The third-order valence-corrected chi connectivity index (χ3v) is 6.38. The van der Waals surface area contributed by atoms with Gasteiger partial charge in [-0.05, 0) is 72.6 Å². The Bertz CT molecular complexity index is 1240. The molecule has 6 nitrogen and oxygen atoms in total. The number of nitrogens with one attached hydrogen (secondary N) is 1. The van der Waals surface area contributed by atoms with Gasteiger partial charge in [-0.3, -0.25) is 4.68 Å². The van der Waals surface area contributed by atoms with Crippen LogP contribution in [0.2, 0.25) is 0 Å². The number of aromatic nitrogens is 2. The number of alkyl halides is 3. The number of hydrogen-bond acceptors (Lipinski definition) is 6. The summed E-state index contributed by atoms with van der Waals surface area (Å²) in [5.41, 5.74) is 13.4. The Hall–Kier alpha value is -3.53. The number of nitrogens with zero attached hydrogens (tertiary/aromatic N) is 2. The van der Waals surface area contributed by atoms with Gasteiger partial charge in [0.25, 0.3) is 0 Å². The number of rotatable bonds is 6. The van der Waals surface area contributed by atoms with Gasteiger partial charge in [-0.25, -0.2) is 0 Å². The number of ether oxygens (including phenoxy) is 1. The minimum Gasteiger partial charge on any atom is -0.493 e. The molecule has 0 spiro atoms. The summed E-state index contributed by atoms with van der Waals surface area (Å²) in [5, 5.41) is 4.16. The first-order valence-corrected chi connectivity index (χ1v) is 11.3. The highest BCUT2D eigenvalue weighted by Crippen LogP contribution is 2.44. The summed E-state index contributed by atoms with van der Waals surface area (Å²) >= 11 is 1.32. The van der Waals surface area contributed by atoms with E-state index in [0.717, 1.165) is 22.1 Å². The first kappa shape index (κ1) is 23.6. The molecule has 0 saturated carbocycles. The van der Waals surface area contributed by atoms with Crippen molar-refractivity contribution >= 4 is 11.9 Å². The van der Waals surface area contributed by atoms with E-state index < -0.39 is 11.7 Å². The SMILES string of the molecule is Cn1nccc1-c1cc(C(F)(F)F)ccc1C1CCOc2cc(SN/C(N)=C/C=C\N)ccc21. The molecule has 0 bridgehead atoms. The fourth-order valence-corrected chi connectivity index (χ4v) is 4.57. The summed E-state index contributed by atoms with van der Waals surface area (Å²) in [6.45, 7) is 0.453. The van der Waals surface area contributed by atoms with Crippen LogP contribution < -0.4 is 20.9 Å². The van der Waals surface area contributed by atoms with E-state index >= 15 is 0 Å². The molecule has 10 heteroatoms. The molecule has 3 aromatic rings. The van der Waals surface area contributed by atoms with E-state index in [9.17, 15) is 13.2 Å². The van der Waals surface area contributed by atoms with E-state index in [0.29, 0.717) is 35.9 Å². The van der Waals surface area contributed by atoms with Crippen LogP contribution in [0.5, 0.6) is 5.75 Å². The first-order valence-electron chi connectivity index (χ1n) is 10.5. The molecule has 0 radical (unpaired) electrons. The van der Waals surface area contributed by atoms with Crippen LogP contribution in [0.25, 0.3) is 11.3 Å². The number of fused-ring (bicyclic) bond motifs is 1. The van der Waals surface area contributed by atoms with Crippen molar-refractivity contribution in [2.75, 3.05) is 6.61 Å². The van der Waals surface area contributed by atoms with Gasteiger partial charge in [-0.2, -0.15) is 18.3 Å². The quantitative estimate of drug-likeness (QED) is 0.339. The van der Waals surface area contributed by atoms with Gasteiger partial charge in [0.15, 0.2) is 0 Å². The lowest BCUT2D eigenvalue weighted by Gasteiger charge is -2.28. The summed E-state index contributed by atoms with van der Waals surface area (Å²) < 4.78 is 51.0. The number of aryl methyl sites for hydroxylation is 1. The zero-order valence-electron chi connectivity index (χ0n) is 18.3. The lowest BCUT2D eigenvalue weighted by Crippen LogP contribution is -2.17. The Morgan fingerprint density at radius 2 is 2.00 bits per heavy atom. The van der Waals surface area contributed by atoms with Crippen LogP contribution in [0.15, 0.2) is 77.7 Å². The van der Waals surface area contributed by atoms with E-state index in [1.165, 1.54) is 24.2 Å². The zero-order chi connectivity index (χ0) is 24.3. The van der Waals surface area contributed by atoms with Crippen molar-refractivity contribution < 1.29 is 17.9 Å². The van der Waals surface area contributed by atoms with Crippen LogP contribution in [0, 0.1) is 0 Å². The van der Waals surface area contributed by atoms with Gasteiger partial charge in [0.1, 0.15) is 11.6 Å². The van der Waals surface area contributed by atoms with Crippen LogP contribution >= 0.6 is 11.9 Å². The molecule has 0 amide bonds. The lowest BCUT2D eigenvalue weighted by molar-refractivity contribution is -0.137. The molecule has 5 N–H and O–H groups in total. The van der Waals surface area contributed by atoms with Crippen LogP contribution in [0.3, 0.4) is 0 Å². The predicted octanol–water partition coefficient (Wildman–Crippen LogP) is 4.89. The predicted molar refractivity (Wildman–Crippen MR) is 127 cm³/mol. The van der Waals surface area contributed by atoms with Crippen molar-refractivity contribution in [2.45, 2.75) is 23.4 Å². The van der Waals surface area contributed by atoms with Crippen LogP contribution in [-0.2, 0) is 13.2 Å². The van der Waals surface area contributed by atoms with Crippen molar-refractivity contribution in [2.24, 2.45) is 18.5 Å². The van der Waals surface area contributed by atoms with E-state index in [1.54, 1.807) is 42.2 Å². The Labute approximate surface area is 199 Å². The normalized spacial score (nSPS) is 16.4. The average molecular weight is 488 g/mol. The number of hydrogen-bond donors (Lipinski definition) is 3. The third kappa shape index (κ3) is 5.01. The molecule has 34 heavy (non-hydrogen) atoms. The number of allylic oxidation sites excluding steroid dienone is 2. The Morgan fingerprint density at radius 1 is 1.21 bits per heavy atom. The van der Waals surface area contributed by atoms with Crippen molar-refractivity contribution in [3.8, 4) is 17.0 Å². The number of nitrogens with two attached hydrogens (primary N) is 2. The van der Waals surface area contributed by atoms with Crippen LogP contribution in [0.1, 0.15) is 29.0 Å². The second-order valence-electron chi connectivity index (χ2n) is 7.74. The summed E-state index contributed by atoms with van der Waals surface area (Å²) in [6, 6.07) is 11.4. The Balaban J connectivity index is 1.70. The van der Waals surface area contributed by atoms with E-state index in [2.05, 4.69) is 9.82 Å². The third-order valence-electron chi connectivity index (χ3n) is 5.55. The average Bonchev–Trinajstić information content (AvgIpc) is 3.25. The monoisotopic (exact) mass is 487 g/mol. The maximum absolute atomic E-state index is 13.5. The van der Waals surface area contributed by atoms with E-state index in [1.807, 2.05) is 18.2 Å². The van der Waals surface area contributed by atoms with Gasteiger partial charge < -0.3 is 20.9 Å². The van der Waals surface area contributed by atoms with E-state index in [4.69, 9.17) is 16.2 Å². The highest BCUT2D eigenvalue weighted by atomic mass is 32.2. The van der Waals surface area contributed by atoms with Crippen molar-refractivity contribution in [3.05, 3.63) is 89.5 Å². The molecular formula is C24H24F3N5OS. The fraction of sp³-hybridized carbons (Fsp3) is 0.208. The second kappa shape index (κ2) is 9.76. The summed E-state index contributed by atoms with van der Waals surface area (Å²) in [7, 11) is 1.72. The van der Waals surface area contributed by atoms with Gasteiger partial charge in [0.05, 0.1) is 17.9 Å². The molecule has 1 unspecified atom stereocenters. The van der Waals surface area contributed by atoms with E-state index in [-0.39, 0.29) is 5.92 Å². The molecule has 4 rings (SSSR count). The molecule has 0 saturated heterocycles. The highest BCUT2D eigenvalue weighted by molar-refractivity contribution is 7.97. The molecule has 0 fully saturated rings. The molecule has 178 valence electrons. The Morgan fingerprint density at radius 3 is 2.71 bits per heavy atom. The van der Waals surface area contributed by atoms with Crippen LogP contribution in [-0.4, -0.2) is 16.4 Å². The first-order chi connectivity index (χ1) is 16.3. The minimum absolute atomic E-state index is 0.123. The Kier molecular flexibility index (Phi) is 6.78. The summed E-state index contributed by atoms with van der Waals surface area (Å²) in [4.78, 5) is 0.881. The second-order valence-corrected chi connectivity index (χ2v) is 8.62. The maximum Gasteiger partial charge on any atom is 0.416 e. The largest absolute Gasteiger partial charge is 0.493 e. The van der Waals surface area contributed by atoms with Crippen LogP contribution in [0.4, 0.5) is 13.2 Å². The molecule has 1 aliphatic heterocycles. The fourth-order valence-electron chi connectivity index (χ4n) is 3.96. The van der Waals surface area contributed by atoms with Crippen molar-refractivity contribution in [1.82, 2.24) is 14.5 Å². The van der Waals surface area contributed by atoms with Crippen molar-refractivity contribution in [3.63, 3.8) is 0 Å². The molecule has 1 aromatic heterocycles. The molecule has 1 aliphatic rings. The standard InChI is InChI=1S/C24H24F3N5OS/c1-32-21(8-11-30-32)20-13-15(24(25,26)27)4-6-17(20)18-9-12-33-22-14-16(5-7-19(18)22)34-31-23(29)3-2-10-28/h2-8,10-11,13-14,18,31H,9,12,28-29H2,1H3/b10-2-,23-3+. The summed E-state index contributed by atoms with van der Waals surface area (Å²) in [6.07, 6.45) is 2.43. The minimum atomic E-state index is -4.44. The molecule has 0 aliphatic carbocycles. The lowest BCUT2D eigenvalue weighted by atomic mass is 9.83. The van der Waals surface area contributed by atoms with Gasteiger partial charge >= 0.3 is 6.18 Å². The van der Waals surface area contributed by atoms with Crippen molar-refractivity contribution in [1.29, 1.82) is 0 Å². The van der Waals surface area contributed by atoms with Gasteiger partial charge in [0.2, 0.25) is 0 Å². The molecule has 1 atom stereocenters. The number of halogens is 3. The topological polar surface area (TPSA) is 91.1 Å². The van der Waals surface area contributed by atoms with Gasteiger partial charge in [-0.1, -0.05) is 12.1 Å². The number of benzene rings is 2. The zero-order valence-corrected chi connectivity index (χ0v) is 19.2. The molecule has 2 aromatic carbocycles. The van der Waals surface area contributed by atoms with Gasteiger partial charge in [0, 0.05) is 35.2 Å². The molecule has 2 heterocycles. The summed E-state index contributed by atoms with van der Waals surface area (Å²) in [5.74, 6) is 1.01. The highest BCUT2D eigenvalue weighted by Gasteiger charge is 2.33. The molecular weight excluding hydrogens is 463 g/mol.